The molecule has 0 aromatic carbocycles. The number of aromatic nitrogens is 4. The SMILES string of the molecule is CCCc1cc(NC(=O)c2cc(=O)[nH]c(=O)[nH]2)n[nH]1. The van der Waals surface area contributed by atoms with E-state index in [0.29, 0.717) is 5.82 Å². The highest BCUT2D eigenvalue weighted by Crippen LogP contribution is 2.07. The van der Waals surface area contributed by atoms with Crippen LogP contribution in [0, 0.1) is 0 Å². The average molecular weight is 263 g/mol. The van der Waals surface area contributed by atoms with E-state index in [4.69, 9.17) is 0 Å². The van der Waals surface area contributed by atoms with E-state index in [1.807, 2.05) is 11.9 Å². The first-order valence-corrected chi connectivity index (χ1v) is 5.77. The van der Waals surface area contributed by atoms with Crippen molar-refractivity contribution in [1.29, 1.82) is 0 Å². The van der Waals surface area contributed by atoms with Crippen LogP contribution in [0.3, 0.4) is 0 Å². The lowest BCUT2D eigenvalue weighted by molar-refractivity contribution is 0.102. The smallest absolute Gasteiger partial charge is 0.304 e. The molecule has 0 aliphatic carbocycles. The summed E-state index contributed by atoms with van der Waals surface area (Å²) in [4.78, 5) is 38.1. The van der Waals surface area contributed by atoms with Gasteiger partial charge in [-0.25, -0.2) is 4.79 Å². The van der Waals surface area contributed by atoms with E-state index in [1.165, 1.54) is 0 Å². The minimum atomic E-state index is -0.730. The van der Waals surface area contributed by atoms with Gasteiger partial charge in [-0.15, -0.1) is 0 Å². The van der Waals surface area contributed by atoms with E-state index in [-0.39, 0.29) is 5.69 Å². The van der Waals surface area contributed by atoms with Crippen molar-refractivity contribution in [3.05, 3.63) is 44.4 Å². The van der Waals surface area contributed by atoms with Crippen molar-refractivity contribution < 1.29 is 4.79 Å². The normalized spacial score (nSPS) is 10.4. The van der Waals surface area contributed by atoms with Crippen molar-refractivity contribution in [1.82, 2.24) is 20.2 Å². The number of amides is 1. The fraction of sp³-hybridized carbons (Fsp3) is 0.273. The molecule has 2 aromatic heterocycles. The van der Waals surface area contributed by atoms with Gasteiger partial charge < -0.3 is 10.3 Å². The van der Waals surface area contributed by atoms with E-state index < -0.39 is 17.2 Å². The summed E-state index contributed by atoms with van der Waals surface area (Å²) in [5, 5.41) is 9.18. The van der Waals surface area contributed by atoms with Gasteiger partial charge in [-0.2, -0.15) is 5.10 Å². The van der Waals surface area contributed by atoms with Crippen LogP contribution >= 0.6 is 0 Å². The van der Waals surface area contributed by atoms with E-state index in [9.17, 15) is 14.4 Å². The Morgan fingerprint density at radius 1 is 1.32 bits per heavy atom. The fourth-order valence-electron chi connectivity index (χ4n) is 1.60. The van der Waals surface area contributed by atoms with Crippen LogP contribution in [0.4, 0.5) is 5.82 Å². The van der Waals surface area contributed by atoms with Crippen LogP contribution in [0.1, 0.15) is 29.5 Å². The molecule has 0 bridgehead atoms. The summed E-state index contributed by atoms with van der Waals surface area (Å²) in [5.41, 5.74) is -0.583. The number of H-pyrrole nitrogens is 3. The van der Waals surface area contributed by atoms with Crippen LogP contribution in [0.25, 0.3) is 0 Å². The molecule has 100 valence electrons. The predicted molar refractivity (Wildman–Crippen MR) is 68.2 cm³/mol. The molecule has 0 aliphatic rings. The highest BCUT2D eigenvalue weighted by atomic mass is 16.2. The van der Waals surface area contributed by atoms with E-state index in [1.54, 1.807) is 6.07 Å². The van der Waals surface area contributed by atoms with Gasteiger partial charge in [0.25, 0.3) is 11.5 Å². The van der Waals surface area contributed by atoms with Crippen LogP contribution in [0.2, 0.25) is 0 Å². The van der Waals surface area contributed by atoms with Crippen molar-refractivity contribution in [3.8, 4) is 0 Å². The second kappa shape index (κ2) is 5.34. The molecule has 8 nitrogen and oxygen atoms in total. The summed E-state index contributed by atoms with van der Waals surface area (Å²) in [6, 6.07) is 2.71. The molecule has 0 saturated heterocycles. The van der Waals surface area contributed by atoms with E-state index in [2.05, 4.69) is 20.5 Å². The second-order valence-electron chi connectivity index (χ2n) is 3.98. The molecule has 0 spiro atoms. The summed E-state index contributed by atoms with van der Waals surface area (Å²) in [7, 11) is 0. The molecule has 0 saturated carbocycles. The highest BCUT2D eigenvalue weighted by molar-refractivity contribution is 6.02. The maximum absolute atomic E-state index is 11.8. The first kappa shape index (κ1) is 12.8. The molecule has 0 fully saturated rings. The second-order valence-corrected chi connectivity index (χ2v) is 3.98. The van der Waals surface area contributed by atoms with Gasteiger partial charge in [-0.1, -0.05) is 13.3 Å². The van der Waals surface area contributed by atoms with Crippen LogP contribution in [-0.2, 0) is 6.42 Å². The molecule has 8 heteroatoms. The average Bonchev–Trinajstić information content (AvgIpc) is 2.76. The molecular weight excluding hydrogens is 250 g/mol. The topological polar surface area (TPSA) is 124 Å². The largest absolute Gasteiger partial charge is 0.326 e. The van der Waals surface area contributed by atoms with Gasteiger partial charge in [0, 0.05) is 17.8 Å². The van der Waals surface area contributed by atoms with E-state index in [0.717, 1.165) is 24.6 Å². The molecule has 2 aromatic rings. The number of aryl methyl sites for hydroxylation is 1. The Morgan fingerprint density at radius 3 is 2.79 bits per heavy atom. The first-order chi connectivity index (χ1) is 9.08. The zero-order chi connectivity index (χ0) is 13.8. The number of hydrogen-bond acceptors (Lipinski definition) is 4. The van der Waals surface area contributed by atoms with Crippen LogP contribution in [0.15, 0.2) is 21.7 Å². The number of hydrogen-bond donors (Lipinski definition) is 4. The lowest BCUT2D eigenvalue weighted by Crippen LogP contribution is -2.27. The summed E-state index contributed by atoms with van der Waals surface area (Å²) in [6.45, 7) is 2.03. The molecule has 1 amide bonds. The van der Waals surface area contributed by atoms with Gasteiger partial charge in [0.05, 0.1) is 0 Å². The Morgan fingerprint density at radius 2 is 2.11 bits per heavy atom. The molecule has 4 N–H and O–H groups in total. The van der Waals surface area contributed by atoms with Gasteiger partial charge in [-0.05, 0) is 6.42 Å². The predicted octanol–water partition coefficient (Wildman–Crippen LogP) is -0.00890. The van der Waals surface area contributed by atoms with Gasteiger partial charge >= 0.3 is 5.69 Å². The van der Waals surface area contributed by atoms with Crippen LogP contribution in [0.5, 0.6) is 0 Å². The first-order valence-electron chi connectivity index (χ1n) is 5.77. The molecule has 2 heterocycles. The third-order valence-corrected chi connectivity index (χ3v) is 2.40. The molecule has 19 heavy (non-hydrogen) atoms. The quantitative estimate of drug-likeness (QED) is 0.619. The minimum absolute atomic E-state index is 0.117. The lowest BCUT2D eigenvalue weighted by atomic mass is 10.2. The Bertz CT molecular complexity index is 668. The van der Waals surface area contributed by atoms with E-state index >= 15 is 0 Å². The van der Waals surface area contributed by atoms with Gasteiger partial charge in [0.2, 0.25) is 0 Å². The Hall–Kier alpha value is -2.64. The third kappa shape index (κ3) is 3.18. The number of carbonyl (C=O) groups is 1. The maximum atomic E-state index is 11.8. The van der Waals surface area contributed by atoms with Crippen LogP contribution < -0.4 is 16.6 Å². The minimum Gasteiger partial charge on any atom is -0.304 e. The van der Waals surface area contributed by atoms with Crippen LogP contribution in [-0.4, -0.2) is 26.1 Å². The fourth-order valence-corrected chi connectivity index (χ4v) is 1.60. The van der Waals surface area contributed by atoms with Crippen molar-refractivity contribution in [2.75, 3.05) is 5.32 Å². The van der Waals surface area contributed by atoms with Crippen molar-refractivity contribution in [2.45, 2.75) is 19.8 Å². The molecule has 0 atom stereocenters. The Labute approximate surface area is 107 Å². The zero-order valence-corrected chi connectivity index (χ0v) is 10.2. The Balaban J connectivity index is 2.15. The number of rotatable bonds is 4. The summed E-state index contributed by atoms with van der Waals surface area (Å²) < 4.78 is 0. The number of aromatic amines is 3. The van der Waals surface area contributed by atoms with Crippen molar-refractivity contribution in [2.24, 2.45) is 0 Å². The lowest BCUT2D eigenvalue weighted by Gasteiger charge is -2.00. The van der Waals surface area contributed by atoms with Crippen molar-refractivity contribution in [3.63, 3.8) is 0 Å². The number of nitrogens with one attached hydrogen (secondary N) is 4. The summed E-state index contributed by atoms with van der Waals surface area (Å²) >= 11 is 0. The summed E-state index contributed by atoms with van der Waals surface area (Å²) in [5.74, 6) is -0.257. The zero-order valence-electron chi connectivity index (χ0n) is 10.2. The highest BCUT2D eigenvalue weighted by Gasteiger charge is 2.10. The third-order valence-electron chi connectivity index (χ3n) is 2.40. The number of anilines is 1. The summed E-state index contributed by atoms with van der Waals surface area (Å²) in [6.07, 6.45) is 1.78. The van der Waals surface area contributed by atoms with Crippen molar-refractivity contribution >= 4 is 11.7 Å². The monoisotopic (exact) mass is 263 g/mol. The van der Waals surface area contributed by atoms with Gasteiger partial charge in [0.1, 0.15) is 5.69 Å². The molecular formula is C11H13N5O3. The number of nitrogens with zero attached hydrogens (tertiary/aromatic N) is 1. The standard InChI is InChI=1S/C11H13N5O3/c1-2-3-6-4-8(16-15-6)13-10(18)7-5-9(17)14-11(19)12-7/h4-5H,2-3H2,1H3,(H2,12,14,17,19)(H2,13,15,16,18). The van der Waals surface area contributed by atoms with Gasteiger partial charge in [-0.3, -0.25) is 19.7 Å². The molecule has 0 aliphatic heterocycles. The molecule has 2 rings (SSSR count). The molecule has 0 radical (unpaired) electrons. The van der Waals surface area contributed by atoms with Gasteiger partial charge in [0.15, 0.2) is 5.82 Å². The maximum Gasteiger partial charge on any atom is 0.326 e. The number of carbonyl (C=O) groups excluding carboxylic acids is 1. The Kier molecular flexibility index (Phi) is 3.60. The molecule has 0 unspecified atom stereocenters.